The second-order valence-corrected chi connectivity index (χ2v) is 10.2. The molecule has 4 aliphatic carbocycles. The first-order valence-corrected chi connectivity index (χ1v) is 11.7. The van der Waals surface area contributed by atoms with Crippen LogP contribution in [0.4, 0.5) is 0 Å². The number of nitrogens with one attached hydrogen (secondary N) is 1. The number of aliphatic hydroxyl groups is 1. The molecule has 9 nitrogen and oxygen atoms in total. The number of aromatic nitrogens is 6. The van der Waals surface area contributed by atoms with Gasteiger partial charge in [0.05, 0.1) is 29.9 Å². The van der Waals surface area contributed by atoms with Gasteiger partial charge in [0.1, 0.15) is 0 Å². The van der Waals surface area contributed by atoms with E-state index >= 15 is 0 Å². The van der Waals surface area contributed by atoms with E-state index in [0.29, 0.717) is 29.8 Å². The van der Waals surface area contributed by atoms with E-state index < -0.39 is 0 Å². The molecule has 9 heteroatoms. The Balaban J connectivity index is 1.19. The summed E-state index contributed by atoms with van der Waals surface area (Å²) < 4.78 is 3.37. The van der Waals surface area contributed by atoms with E-state index in [1.54, 1.807) is 9.20 Å². The molecule has 0 radical (unpaired) electrons. The molecule has 4 bridgehead atoms. The zero-order valence-electron chi connectivity index (χ0n) is 18.2. The van der Waals surface area contributed by atoms with Crippen molar-refractivity contribution in [1.29, 1.82) is 0 Å². The van der Waals surface area contributed by atoms with Gasteiger partial charge in [-0.3, -0.25) is 4.79 Å². The molecule has 4 fully saturated rings. The monoisotopic (exact) mass is 435 g/mol. The third-order valence-corrected chi connectivity index (χ3v) is 7.84. The van der Waals surface area contributed by atoms with Gasteiger partial charge in [-0.05, 0) is 90.3 Å². The molecular weight excluding hydrogens is 406 g/mol. The average molecular weight is 436 g/mol. The number of hydrogen-bond donors (Lipinski definition) is 2. The van der Waals surface area contributed by atoms with E-state index in [0.717, 1.165) is 35.5 Å². The number of aliphatic hydroxyl groups excluding tert-OH is 1. The van der Waals surface area contributed by atoms with Crippen LogP contribution in [0, 0.1) is 23.2 Å². The lowest BCUT2D eigenvalue weighted by atomic mass is 9.49. The fourth-order valence-corrected chi connectivity index (χ4v) is 6.98. The highest BCUT2D eigenvalue weighted by Crippen LogP contribution is 2.59. The third kappa shape index (κ3) is 3.48. The zero-order chi connectivity index (χ0) is 21.7. The van der Waals surface area contributed by atoms with Gasteiger partial charge in [-0.2, -0.15) is 5.10 Å². The lowest BCUT2D eigenvalue weighted by Gasteiger charge is -2.56. The molecule has 0 aromatic carbocycles. The van der Waals surface area contributed by atoms with Crippen LogP contribution in [0.2, 0.25) is 0 Å². The van der Waals surface area contributed by atoms with Crippen molar-refractivity contribution in [2.24, 2.45) is 23.2 Å². The van der Waals surface area contributed by atoms with Crippen molar-refractivity contribution in [3.05, 3.63) is 41.5 Å². The van der Waals surface area contributed by atoms with Gasteiger partial charge in [-0.1, -0.05) is 0 Å². The van der Waals surface area contributed by atoms with Crippen LogP contribution in [0.5, 0.6) is 0 Å². The topological polar surface area (TPSA) is 110 Å². The molecule has 3 heterocycles. The quantitative estimate of drug-likeness (QED) is 0.586. The van der Waals surface area contributed by atoms with Crippen LogP contribution in [0.25, 0.3) is 5.52 Å². The van der Waals surface area contributed by atoms with Gasteiger partial charge in [0.25, 0.3) is 5.91 Å². The third-order valence-electron chi connectivity index (χ3n) is 7.84. The molecular formula is C23H29N7O2. The summed E-state index contributed by atoms with van der Waals surface area (Å²) in [5, 5.41) is 28.7. The average Bonchev–Trinajstić information content (AvgIpc) is 3.38. The Morgan fingerprint density at radius 1 is 1.19 bits per heavy atom. The molecule has 0 aliphatic heterocycles. The predicted octanol–water partition coefficient (Wildman–Crippen LogP) is 1.85. The summed E-state index contributed by atoms with van der Waals surface area (Å²) in [6.07, 6.45) is 10.3. The second-order valence-electron chi connectivity index (χ2n) is 10.2. The molecule has 3 aromatic heterocycles. The molecule has 0 unspecified atom stereocenters. The fourth-order valence-electron chi connectivity index (χ4n) is 6.98. The molecule has 168 valence electrons. The van der Waals surface area contributed by atoms with Crippen molar-refractivity contribution in [2.45, 2.75) is 51.5 Å². The lowest BCUT2D eigenvalue weighted by molar-refractivity contribution is -0.0503. The summed E-state index contributed by atoms with van der Waals surface area (Å²) in [6.45, 7) is 1.16. The number of hydrogen-bond acceptors (Lipinski definition) is 6. The van der Waals surface area contributed by atoms with Crippen molar-refractivity contribution in [3.63, 3.8) is 0 Å². The number of nitrogens with zero attached hydrogens (tertiary/aromatic N) is 6. The molecule has 4 saturated carbocycles. The number of fused-ring (bicyclic) bond motifs is 1. The van der Waals surface area contributed by atoms with Gasteiger partial charge in [0.15, 0.2) is 5.82 Å². The minimum atomic E-state index is -0.0267. The number of tetrazole rings is 1. The minimum Gasteiger partial charge on any atom is -0.396 e. The Kier molecular flexibility index (Phi) is 4.74. The first kappa shape index (κ1) is 19.8. The van der Waals surface area contributed by atoms with E-state index in [1.165, 1.54) is 38.5 Å². The van der Waals surface area contributed by atoms with Crippen molar-refractivity contribution >= 4 is 11.4 Å². The molecule has 1 amide bonds. The normalized spacial score (nSPS) is 28.5. The van der Waals surface area contributed by atoms with E-state index in [9.17, 15) is 9.90 Å². The van der Waals surface area contributed by atoms with Crippen LogP contribution in [0.1, 0.15) is 60.4 Å². The standard InChI is InChI=1S/C23H29N7O2/c31-5-3-21-25-27-28-30(21)13-18-9-20-19(2-1-4-29(20)26-18)22(32)24-14-23-10-15-6-16(11-23)8-17(7-15)12-23/h1-2,4,9,15-17,31H,3,5-8,10-14H2,(H,24,32). The summed E-state index contributed by atoms with van der Waals surface area (Å²) in [5.41, 5.74) is 2.49. The van der Waals surface area contributed by atoms with Gasteiger partial charge in [0, 0.05) is 19.2 Å². The molecule has 0 spiro atoms. The summed E-state index contributed by atoms with van der Waals surface area (Å²) in [7, 11) is 0. The van der Waals surface area contributed by atoms with Gasteiger partial charge in [-0.25, -0.2) is 9.20 Å². The summed E-state index contributed by atoms with van der Waals surface area (Å²) in [5.74, 6) is 3.21. The van der Waals surface area contributed by atoms with Crippen LogP contribution in [-0.2, 0) is 13.0 Å². The van der Waals surface area contributed by atoms with Gasteiger partial charge in [-0.15, -0.1) is 5.10 Å². The highest BCUT2D eigenvalue weighted by Gasteiger charge is 2.50. The van der Waals surface area contributed by atoms with Crippen molar-refractivity contribution < 1.29 is 9.90 Å². The Labute approximate surface area is 186 Å². The number of amides is 1. The van der Waals surface area contributed by atoms with Gasteiger partial charge >= 0.3 is 0 Å². The van der Waals surface area contributed by atoms with Crippen molar-refractivity contribution in [2.75, 3.05) is 13.2 Å². The Hall–Kier alpha value is -2.81. The predicted molar refractivity (Wildman–Crippen MR) is 116 cm³/mol. The van der Waals surface area contributed by atoms with Gasteiger partial charge in [0.2, 0.25) is 0 Å². The van der Waals surface area contributed by atoms with Crippen LogP contribution in [-0.4, -0.2) is 54.0 Å². The summed E-state index contributed by atoms with van der Waals surface area (Å²) in [4.78, 5) is 13.2. The van der Waals surface area contributed by atoms with Gasteiger partial charge < -0.3 is 10.4 Å². The fraction of sp³-hybridized carbons (Fsp3) is 0.609. The number of pyridine rings is 1. The number of carbonyl (C=O) groups is 1. The summed E-state index contributed by atoms with van der Waals surface area (Å²) >= 11 is 0. The van der Waals surface area contributed by atoms with Crippen LogP contribution in [0.15, 0.2) is 24.4 Å². The second kappa shape index (κ2) is 7.65. The van der Waals surface area contributed by atoms with Crippen LogP contribution in [0.3, 0.4) is 0 Å². The molecule has 7 rings (SSSR count). The Morgan fingerprint density at radius 3 is 2.66 bits per heavy atom. The van der Waals surface area contributed by atoms with E-state index in [-0.39, 0.29) is 12.5 Å². The van der Waals surface area contributed by atoms with Crippen molar-refractivity contribution in [1.82, 2.24) is 35.1 Å². The largest absolute Gasteiger partial charge is 0.396 e. The van der Waals surface area contributed by atoms with Crippen LogP contribution >= 0.6 is 0 Å². The van der Waals surface area contributed by atoms with E-state index in [1.807, 2.05) is 24.4 Å². The maximum Gasteiger partial charge on any atom is 0.253 e. The Morgan fingerprint density at radius 2 is 1.94 bits per heavy atom. The zero-order valence-corrected chi connectivity index (χ0v) is 18.2. The highest BCUT2D eigenvalue weighted by molar-refractivity contribution is 6.00. The lowest BCUT2D eigenvalue weighted by Crippen LogP contribution is -2.51. The first-order chi connectivity index (χ1) is 15.6. The molecule has 0 saturated heterocycles. The molecule has 0 atom stereocenters. The van der Waals surface area contributed by atoms with Crippen molar-refractivity contribution in [3.8, 4) is 0 Å². The smallest absolute Gasteiger partial charge is 0.253 e. The summed E-state index contributed by atoms with van der Waals surface area (Å²) in [6, 6.07) is 5.64. The molecule has 3 aromatic rings. The minimum absolute atomic E-state index is 0.0143. The number of rotatable bonds is 7. The maximum atomic E-state index is 13.2. The Bertz CT molecular complexity index is 1120. The number of carbonyl (C=O) groups excluding carboxylic acids is 1. The first-order valence-electron chi connectivity index (χ1n) is 11.7. The van der Waals surface area contributed by atoms with E-state index in [2.05, 4.69) is 25.9 Å². The molecule has 32 heavy (non-hydrogen) atoms. The SMILES string of the molecule is O=C(NCC12CC3CC(CC(C3)C1)C2)c1cccn2nc(Cn3nnnc3CCO)cc12. The molecule has 2 N–H and O–H groups in total. The van der Waals surface area contributed by atoms with E-state index in [4.69, 9.17) is 0 Å². The molecule has 4 aliphatic rings. The maximum absolute atomic E-state index is 13.2. The van der Waals surface area contributed by atoms with Crippen LogP contribution < -0.4 is 5.32 Å². The highest BCUT2D eigenvalue weighted by atomic mass is 16.3.